The summed E-state index contributed by atoms with van der Waals surface area (Å²) >= 11 is 0. The number of carbonyl (C=O) groups excluding carboxylic acids is 2. The topological polar surface area (TPSA) is 88.3 Å². The summed E-state index contributed by atoms with van der Waals surface area (Å²) in [6.45, 7) is 3.63. The summed E-state index contributed by atoms with van der Waals surface area (Å²) in [4.78, 5) is 29.6. The van der Waals surface area contributed by atoms with Crippen molar-refractivity contribution in [1.29, 1.82) is 0 Å². The Kier molecular flexibility index (Phi) is 2.83. The van der Waals surface area contributed by atoms with Gasteiger partial charge in [-0.1, -0.05) is 6.07 Å². The summed E-state index contributed by atoms with van der Waals surface area (Å²) in [5.41, 5.74) is 6.63. The molecule has 2 heterocycles. The molecule has 3 rings (SSSR count). The molecule has 6 nitrogen and oxygen atoms in total. The number of nitrogens with zero attached hydrogens (tertiary/aromatic N) is 2. The van der Waals surface area contributed by atoms with Crippen molar-refractivity contribution in [3.8, 4) is 0 Å². The van der Waals surface area contributed by atoms with Gasteiger partial charge in [0.05, 0.1) is 17.9 Å². The predicted octanol–water partition coefficient (Wildman–Crippen LogP) is 1.06. The summed E-state index contributed by atoms with van der Waals surface area (Å²) in [7, 11) is 0. The van der Waals surface area contributed by atoms with Crippen LogP contribution in [-0.2, 0) is 9.59 Å². The van der Waals surface area contributed by atoms with Gasteiger partial charge in [-0.3, -0.25) is 19.9 Å². The van der Waals surface area contributed by atoms with Crippen molar-refractivity contribution in [1.82, 2.24) is 10.3 Å². The molecule has 2 amide bonds. The van der Waals surface area contributed by atoms with Crippen LogP contribution < -0.4 is 16.0 Å². The molecule has 1 saturated heterocycles. The molecule has 1 aromatic carbocycles. The Morgan fingerprint density at radius 1 is 1.29 bits per heavy atom. The average molecular weight is 284 g/mol. The zero-order valence-electron chi connectivity index (χ0n) is 11.9. The van der Waals surface area contributed by atoms with Gasteiger partial charge in [0.1, 0.15) is 5.54 Å². The Morgan fingerprint density at radius 2 is 2.05 bits per heavy atom. The van der Waals surface area contributed by atoms with Gasteiger partial charge >= 0.3 is 0 Å². The number of fused-ring (bicyclic) bond motifs is 1. The molecule has 0 atom stereocenters. The van der Waals surface area contributed by atoms with Crippen LogP contribution in [0.3, 0.4) is 0 Å². The zero-order chi connectivity index (χ0) is 15.2. The third-order valence-corrected chi connectivity index (χ3v) is 3.91. The van der Waals surface area contributed by atoms with E-state index in [0.29, 0.717) is 11.4 Å². The minimum absolute atomic E-state index is 0.0968. The van der Waals surface area contributed by atoms with Crippen molar-refractivity contribution in [2.24, 2.45) is 0 Å². The summed E-state index contributed by atoms with van der Waals surface area (Å²) in [5.74, 6) is -0.651. The van der Waals surface area contributed by atoms with E-state index in [-0.39, 0.29) is 18.4 Å². The van der Waals surface area contributed by atoms with Crippen LogP contribution in [0.2, 0.25) is 0 Å². The number of anilines is 2. The number of nitrogen functional groups attached to an aromatic ring is 1. The number of piperazine rings is 1. The van der Waals surface area contributed by atoms with Crippen molar-refractivity contribution in [2.75, 3.05) is 17.2 Å². The van der Waals surface area contributed by atoms with Gasteiger partial charge in [-0.15, -0.1) is 0 Å². The van der Waals surface area contributed by atoms with Gasteiger partial charge in [0.15, 0.2) is 0 Å². The number of benzene rings is 1. The van der Waals surface area contributed by atoms with Crippen molar-refractivity contribution in [2.45, 2.75) is 19.4 Å². The molecule has 1 aliphatic rings. The monoisotopic (exact) mass is 284 g/mol. The summed E-state index contributed by atoms with van der Waals surface area (Å²) in [5, 5.41) is 4.13. The molecule has 3 N–H and O–H groups in total. The Hall–Kier alpha value is -2.63. The smallest absolute Gasteiger partial charge is 0.251 e. The molecule has 0 unspecified atom stereocenters. The molecule has 0 spiro atoms. The number of aromatic nitrogens is 1. The van der Waals surface area contributed by atoms with Gasteiger partial charge in [0.2, 0.25) is 5.91 Å². The second-order valence-electron chi connectivity index (χ2n) is 5.62. The SMILES string of the molecule is CC1(C)C(=O)NC(=O)CN1c1ccc2cnccc2c1N. The number of hydrogen-bond donors (Lipinski definition) is 2. The first-order valence-electron chi connectivity index (χ1n) is 6.65. The number of pyridine rings is 1. The van der Waals surface area contributed by atoms with E-state index in [2.05, 4.69) is 10.3 Å². The van der Waals surface area contributed by atoms with E-state index in [1.54, 1.807) is 31.1 Å². The zero-order valence-corrected chi connectivity index (χ0v) is 11.9. The van der Waals surface area contributed by atoms with E-state index in [4.69, 9.17) is 5.73 Å². The highest BCUT2D eigenvalue weighted by atomic mass is 16.2. The maximum Gasteiger partial charge on any atom is 0.251 e. The lowest BCUT2D eigenvalue weighted by Gasteiger charge is -2.42. The van der Waals surface area contributed by atoms with Crippen LogP contribution in [0.1, 0.15) is 13.8 Å². The first-order valence-corrected chi connectivity index (χ1v) is 6.65. The molecule has 6 heteroatoms. The van der Waals surface area contributed by atoms with Crippen molar-refractivity contribution >= 4 is 34.0 Å². The molecule has 1 aliphatic heterocycles. The van der Waals surface area contributed by atoms with Gasteiger partial charge in [-0.2, -0.15) is 0 Å². The molecule has 108 valence electrons. The quantitative estimate of drug-likeness (QED) is 0.604. The lowest BCUT2D eigenvalue weighted by atomic mass is 9.96. The van der Waals surface area contributed by atoms with Crippen molar-refractivity contribution in [3.05, 3.63) is 30.6 Å². The van der Waals surface area contributed by atoms with E-state index >= 15 is 0 Å². The van der Waals surface area contributed by atoms with Gasteiger partial charge in [-0.25, -0.2) is 0 Å². The Labute approximate surface area is 121 Å². The maximum absolute atomic E-state index is 12.1. The van der Waals surface area contributed by atoms with Crippen molar-refractivity contribution in [3.63, 3.8) is 0 Å². The first-order chi connectivity index (χ1) is 9.91. The first kappa shape index (κ1) is 13.4. The van der Waals surface area contributed by atoms with Crippen LogP contribution in [0.4, 0.5) is 11.4 Å². The van der Waals surface area contributed by atoms with E-state index in [9.17, 15) is 9.59 Å². The fourth-order valence-electron chi connectivity index (χ4n) is 2.59. The molecule has 0 aliphatic carbocycles. The molecule has 1 aromatic heterocycles. The summed E-state index contributed by atoms with van der Waals surface area (Å²) in [6.07, 6.45) is 3.40. The Morgan fingerprint density at radius 3 is 2.81 bits per heavy atom. The van der Waals surface area contributed by atoms with Gasteiger partial charge in [0.25, 0.3) is 5.91 Å². The Balaban J connectivity index is 2.17. The third kappa shape index (κ3) is 1.99. The Bertz CT molecular complexity index is 754. The van der Waals surface area contributed by atoms with Crippen LogP contribution in [0.5, 0.6) is 0 Å². The third-order valence-electron chi connectivity index (χ3n) is 3.91. The number of amides is 2. The molecule has 2 aromatic rings. The second-order valence-corrected chi connectivity index (χ2v) is 5.62. The number of rotatable bonds is 1. The van der Waals surface area contributed by atoms with Crippen LogP contribution in [0, 0.1) is 0 Å². The van der Waals surface area contributed by atoms with Crippen molar-refractivity contribution < 1.29 is 9.59 Å². The predicted molar refractivity (Wildman–Crippen MR) is 80.7 cm³/mol. The number of nitrogens with one attached hydrogen (secondary N) is 1. The number of imide groups is 1. The average Bonchev–Trinajstić information content (AvgIpc) is 2.44. The molecule has 21 heavy (non-hydrogen) atoms. The minimum Gasteiger partial charge on any atom is -0.397 e. The lowest BCUT2D eigenvalue weighted by molar-refractivity contribution is -0.135. The van der Waals surface area contributed by atoms with Gasteiger partial charge < -0.3 is 10.6 Å². The molecule has 0 saturated carbocycles. The van der Waals surface area contributed by atoms with Gasteiger partial charge in [-0.05, 0) is 26.0 Å². The van der Waals surface area contributed by atoms with Crippen LogP contribution in [0.25, 0.3) is 10.8 Å². The number of nitrogens with two attached hydrogens (primary N) is 1. The highest BCUT2D eigenvalue weighted by Crippen LogP contribution is 2.35. The maximum atomic E-state index is 12.1. The fourth-order valence-corrected chi connectivity index (χ4v) is 2.59. The van der Waals surface area contributed by atoms with E-state index < -0.39 is 5.54 Å². The largest absolute Gasteiger partial charge is 0.397 e. The number of hydrogen-bond acceptors (Lipinski definition) is 5. The summed E-state index contributed by atoms with van der Waals surface area (Å²) < 4.78 is 0. The standard InChI is InChI=1S/C15H16N4O2/c1-15(2)14(21)18-12(20)8-19(15)11-4-3-9-7-17-6-5-10(9)13(11)16/h3-7H,8,16H2,1-2H3,(H,18,20,21). The van der Waals surface area contributed by atoms with E-state index in [1.807, 2.05) is 18.2 Å². The number of carbonyl (C=O) groups is 2. The fraction of sp³-hybridized carbons (Fsp3) is 0.267. The van der Waals surface area contributed by atoms with Crippen LogP contribution in [0.15, 0.2) is 30.6 Å². The van der Waals surface area contributed by atoms with E-state index in [1.165, 1.54) is 0 Å². The second kappa shape index (κ2) is 4.44. The van der Waals surface area contributed by atoms with Gasteiger partial charge in [0, 0.05) is 23.2 Å². The molecule has 0 bridgehead atoms. The normalized spacial score (nSPS) is 17.9. The molecular weight excluding hydrogens is 268 g/mol. The summed E-state index contributed by atoms with van der Waals surface area (Å²) in [6, 6.07) is 5.54. The van der Waals surface area contributed by atoms with Crippen LogP contribution >= 0.6 is 0 Å². The molecule has 1 fully saturated rings. The highest BCUT2D eigenvalue weighted by Gasteiger charge is 2.41. The highest BCUT2D eigenvalue weighted by molar-refractivity contribution is 6.09. The van der Waals surface area contributed by atoms with E-state index in [0.717, 1.165) is 10.8 Å². The molecule has 0 radical (unpaired) electrons. The van der Waals surface area contributed by atoms with Crippen LogP contribution in [-0.4, -0.2) is 28.9 Å². The minimum atomic E-state index is -0.845. The lowest BCUT2D eigenvalue weighted by Crippen LogP contribution is -2.64. The molecular formula is C15H16N4O2.